The minimum Gasteiger partial charge on any atom is -0.352 e. The van der Waals surface area contributed by atoms with Crippen LogP contribution in [0.3, 0.4) is 0 Å². The van der Waals surface area contributed by atoms with Crippen molar-refractivity contribution >= 4 is 5.91 Å². The second kappa shape index (κ2) is 7.10. The third-order valence-electron chi connectivity index (χ3n) is 5.23. The zero-order valence-corrected chi connectivity index (χ0v) is 14.0. The summed E-state index contributed by atoms with van der Waals surface area (Å²) in [7, 11) is 0. The number of likely N-dealkylation sites (tertiary alicyclic amines) is 1. The molecule has 0 aromatic rings. The Balaban J connectivity index is 1.81. The first-order valence-corrected chi connectivity index (χ1v) is 8.70. The Kier molecular flexibility index (Phi) is 5.67. The molecule has 4 nitrogen and oxygen atoms in total. The van der Waals surface area contributed by atoms with Crippen molar-refractivity contribution in [1.82, 2.24) is 10.2 Å². The third kappa shape index (κ3) is 4.68. The van der Waals surface area contributed by atoms with Crippen LogP contribution in [0.25, 0.3) is 0 Å². The number of carbonyl (C=O) groups is 1. The molecule has 1 saturated heterocycles. The van der Waals surface area contributed by atoms with E-state index in [4.69, 9.17) is 5.73 Å². The Labute approximate surface area is 129 Å². The first kappa shape index (κ1) is 16.8. The number of piperidine rings is 1. The van der Waals surface area contributed by atoms with Gasteiger partial charge in [-0.05, 0) is 52.0 Å². The van der Waals surface area contributed by atoms with Gasteiger partial charge < -0.3 is 16.0 Å². The topological polar surface area (TPSA) is 58.4 Å². The van der Waals surface area contributed by atoms with Gasteiger partial charge in [0.2, 0.25) is 5.91 Å². The summed E-state index contributed by atoms with van der Waals surface area (Å²) in [6, 6.07) is 0.209. The Morgan fingerprint density at radius 2 is 2.14 bits per heavy atom. The number of carbonyl (C=O) groups excluding carboxylic acids is 1. The van der Waals surface area contributed by atoms with Crippen molar-refractivity contribution in [1.29, 1.82) is 0 Å². The predicted molar refractivity (Wildman–Crippen MR) is 87.0 cm³/mol. The standard InChI is InChI=1S/C17H33N3O/c1-13-7-6-10-20(11-13)12-14(2)19-16(21)15-8-4-5-9-17(15,3)18/h13-15H,4-12,18H2,1-3H3,(H,19,21). The maximum Gasteiger partial charge on any atom is 0.225 e. The lowest BCUT2D eigenvalue weighted by Gasteiger charge is -2.38. The molecule has 4 heteroatoms. The maximum atomic E-state index is 12.5. The number of hydrogen-bond acceptors (Lipinski definition) is 3. The van der Waals surface area contributed by atoms with Gasteiger partial charge >= 0.3 is 0 Å². The molecule has 0 bridgehead atoms. The van der Waals surface area contributed by atoms with Crippen LogP contribution in [0, 0.1) is 11.8 Å². The van der Waals surface area contributed by atoms with Crippen LogP contribution in [0.5, 0.6) is 0 Å². The highest BCUT2D eigenvalue weighted by Crippen LogP contribution is 2.31. The molecule has 0 aromatic heterocycles. The van der Waals surface area contributed by atoms with Gasteiger partial charge in [0.15, 0.2) is 0 Å². The normalized spacial score (nSPS) is 36.2. The van der Waals surface area contributed by atoms with E-state index in [-0.39, 0.29) is 23.4 Å². The van der Waals surface area contributed by atoms with Crippen molar-refractivity contribution < 1.29 is 4.79 Å². The molecule has 2 rings (SSSR count). The highest BCUT2D eigenvalue weighted by atomic mass is 16.2. The van der Waals surface area contributed by atoms with Crippen LogP contribution in [0.1, 0.15) is 59.3 Å². The van der Waals surface area contributed by atoms with Gasteiger partial charge in [-0.3, -0.25) is 4.79 Å². The zero-order chi connectivity index (χ0) is 15.5. The second-order valence-electron chi connectivity index (χ2n) is 7.72. The first-order valence-electron chi connectivity index (χ1n) is 8.70. The second-order valence-corrected chi connectivity index (χ2v) is 7.72. The van der Waals surface area contributed by atoms with Crippen LogP contribution in [-0.4, -0.2) is 42.0 Å². The number of nitrogens with one attached hydrogen (secondary N) is 1. The van der Waals surface area contributed by atoms with Gasteiger partial charge in [0.25, 0.3) is 0 Å². The fourth-order valence-corrected chi connectivity index (χ4v) is 4.02. The van der Waals surface area contributed by atoms with Crippen LogP contribution in [0.15, 0.2) is 0 Å². The van der Waals surface area contributed by atoms with Gasteiger partial charge in [-0.1, -0.05) is 19.8 Å². The van der Waals surface area contributed by atoms with Gasteiger partial charge in [0, 0.05) is 24.7 Å². The molecule has 2 aliphatic rings. The SMILES string of the molecule is CC1CCCN(CC(C)NC(=O)C2CCCCC2(C)N)C1. The molecule has 1 aliphatic carbocycles. The molecule has 2 fully saturated rings. The number of amides is 1. The summed E-state index contributed by atoms with van der Waals surface area (Å²) in [6.07, 6.45) is 6.80. The van der Waals surface area contributed by atoms with E-state index in [1.807, 2.05) is 6.92 Å². The highest BCUT2D eigenvalue weighted by Gasteiger charge is 2.38. The van der Waals surface area contributed by atoms with E-state index >= 15 is 0 Å². The van der Waals surface area contributed by atoms with E-state index < -0.39 is 0 Å². The molecule has 0 aromatic carbocycles. The average Bonchev–Trinajstić information content (AvgIpc) is 2.37. The Bertz CT molecular complexity index is 356. The Hall–Kier alpha value is -0.610. The molecule has 1 amide bonds. The van der Waals surface area contributed by atoms with Crippen molar-refractivity contribution in [2.75, 3.05) is 19.6 Å². The lowest BCUT2D eigenvalue weighted by Crippen LogP contribution is -2.55. The summed E-state index contributed by atoms with van der Waals surface area (Å²) < 4.78 is 0. The molecule has 21 heavy (non-hydrogen) atoms. The summed E-state index contributed by atoms with van der Waals surface area (Å²) in [6.45, 7) is 9.77. The highest BCUT2D eigenvalue weighted by molar-refractivity contribution is 5.80. The molecule has 4 atom stereocenters. The number of rotatable bonds is 4. The van der Waals surface area contributed by atoms with Crippen molar-refractivity contribution in [2.24, 2.45) is 17.6 Å². The van der Waals surface area contributed by atoms with E-state index in [0.29, 0.717) is 0 Å². The third-order valence-corrected chi connectivity index (χ3v) is 5.23. The maximum absolute atomic E-state index is 12.5. The first-order chi connectivity index (χ1) is 9.88. The lowest BCUT2D eigenvalue weighted by atomic mass is 9.74. The molecular formula is C17H33N3O. The van der Waals surface area contributed by atoms with Crippen molar-refractivity contribution in [3.8, 4) is 0 Å². The van der Waals surface area contributed by atoms with Crippen LogP contribution >= 0.6 is 0 Å². The van der Waals surface area contributed by atoms with Gasteiger partial charge in [0.05, 0.1) is 5.92 Å². The van der Waals surface area contributed by atoms with Crippen LogP contribution in [0.2, 0.25) is 0 Å². The van der Waals surface area contributed by atoms with Gasteiger partial charge in [0.1, 0.15) is 0 Å². The zero-order valence-electron chi connectivity index (χ0n) is 14.0. The monoisotopic (exact) mass is 295 g/mol. The average molecular weight is 295 g/mol. The van der Waals surface area contributed by atoms with E-state index in [2.05, 4.69) is 24.1 Å². The molecule has 1 aliphatic heterocycles. The minimum absolute atomic E-state index is 0.0195. The fraction of sp³-hybridized carbons (Fsp3) is 0.941. The molecule has 3 N–H and O–H groups in total. The van der Waals surface area contributed by atoms with Crippen LogP contribution in [-0.2, 0) is 4.79 Å². The van der Waals surface area contributed by atoms with E-state index in [0.717, 1.165) is 44.7 Å². The summed E-state index contributed by atoms with van der Waals surface area (Å²) in [5, 5.41) is 3.21. The quantitative estimate of drug-likeness (QED) is 0.835. The molecular weight excluding hydrogens is 262 g/mol. The van der Waals surface area contributed by atoms with E-state index in [1.54, 1.807) is 0 Å². The Morgan fingerprint density at radius 1 is 1.38 bits per heavy atom. The van der Waals surface area contributed by atoms with Crippen molar-refractivity contribution in [3.63, 3.8) is 0 Å². The number of nitrogens with two attached hydrogens (primary N) is 1. The Morgan fingerprint density at radius 3 is 2.81 bits per heavy atom. The molecule has 122 valence electrons. The molecule has 1 heterocycles. The molecule has 0 spiro atoms. The summed E-state index contributed by atoms with van der Waals surface area (Å²) in [4.78, 5) is 15.0. The van der Waals surface area contributed by atoms with Crippen LogP contribution < -0.4 is 11.1 Å². The van der Waals surface area contributed by atoms with Gasteiger partial charge in [-0.25, -0.2) is 0 Å². The van der Waals surface area contributed by atoms with Crippen molar-refractivity contribution in [3.05, 3.63) is 0 Å². The molecule has 0 radical (unpaired) electrons. The van der Waals surface area contributed by atoms with Crippen LogP contribution in [0.4, 0.5) is 0 Å². The molecule has 1 saturated carbocycles. The van der Waals surface area contributed by atoms with Crippen molar-refractivity contribution in [2.45, 2.75) is 70.9 Å². The summed E-state index contributed by atoms with van der Waals surface area (Å²) >= 11 is 0. The predicted octanol–water partition coefficient (Wildman–Crippen LogP) is 2.13. The van der Waals surface area contributed by atoms with E-state index in [9.17, 15) is 4.79 Å². The van der Waals surface area contributed by atoms with Gasteiger partial charge in [-0.2, -0.15) is 0 Å². The number of nitrogens with zero attached hydrogens (tertiary/aromatic N) is 1. The summed E-state index contributed by atoms with van der Waals surface area (Å²) in [5.41, 5.74) is 6.00. The van der Waals surface area contributed by atoms with Gasteiger partial charge in [-0.15, -0.1) is 0 Å². The smallest absolute Gasteiger partial charge is 0.225 e. The largest absolute Gasteiger partial charge is 0.352 e. The summed E-state index contributed by atoms with van der Waals surface area (Å²) in [5.74, 6) is 0.929. The molecule has 4 unspecified atom stereocenters. The minimum atomic E-state index is -0.332. The fourth-order valence-electron chi connectivity index (χ4n) is 4.02. The lowest BCUT2D eigenvalue weighted by molar-refractivity contribution is -0.128. The van der Waals surface area contributed by atoms with E-state index in [1.165, 1.54) is 19.4 Å². The number of hydrogen-bond donors (Lipinski definition) is 2.